The van der Waals surface area contributed by atoms with Gasteiger partial charge in [0.2, 0.25) is 0 Å². The van der Waals surface area contributed by atoms with Crippen LogP contribution in [0, 0.1) is 0 Å². The predicted octanol–water partition coefficient (Wildman–Crippen LogP) is 3.37. The second-order valence-corrected chi connectivity index (χ2v) is 6.19. The van der Waals surface area contributed by atoms with Crippen LogP contribution in [0.5, 0.6) is 5.75 Å². The Labute approximate surface area is 122 Å². The van der Waals surface area contributed by atoms with Crippen LogP contribution >= 0.6 is 11.3 Å². The van der Waals surface area contributed by atoms with E-state index in [-0.39, 0.29) is 5.91 Å². The van der Waals surface area contributed by atoms with Crippen molar-refractivity contribution < 1.29 is 9.53 Å². The van der Waals surface area contributed by atoms with Crippen LogP contribution in [0.15, 0.2) is 18.2 Å². The van der Waals surface area contributed by atoms with Gasteiger partial charge < -0.3 is 10.1 Å². The summed E-state index contributed by atoms with van der Waals surface area (Å²) in [6.07, 6.45) is 5.88. The smallest absolute Gasteiger partial charge is 0.280 e. The fourth-order valence-corrected chi connectivity index (χ4v) is 3.52. The molecule has 2 aromatic rings. The highest BCUT2D eigenvalue weighted by Crippen LogP contribution is 2.26. The van der Waals surface area contributed by atoms with Gasteiger partial charge in [0.25, 0.3) is 5.91 Å². The molecular formula is C15H18N2O2S. The topological polar surface area (TPSA) is 51.2 Å². The molecule has 1 fully saturated rings. The molecular weight excluding hydrogens is 272 g/mol. The zero-order chi connectivity index (χ0) is 13.9. The van der Waals surface area contributed by atoms with Gasteiger partial charge in [-0.25, -0.2) is 4.98 Å². The van der Waals surface area contributed by atoms with E-state index < -0.39 is 0 Å². The molecule has 1 aromatic carbocycles. The van der Waals surface area contributed by atoms with Crippen LogP contribution in [0.4, 0.5) is 0 Å². The van der Waals surface area contributed by atoms with Crippen molar-refractivity contribution in [3.05, 3.63) is 23.2 Å². The Morgan fingerprint density at radius 2 is 2.15 bits per heavy atom. The molecule has 0 spiro atoms. The van der Waals surface area contributed by atoms with Gasteiger partial charge in [-0.3, -0.25) is 4.79 Å². The van der Waals surface area contributed by atoms with Gasteiger partial charge in [-0.2, -0.15) is 0 Å². The lowest BCUT2D eigenvalue weighted by Gasteiger charge is -2.22. The number of benzene rings is 1. The number of carbonyl (C=O) groups excluding carboxylic acids is 1. The number of aromatic nitrogens is 1. The molecule has 1 heterocycles. The van der Waals surface area contributed by atoms with E-state index in [9.17, 15) is 4.79 Å². The van der Waals surface area contributed by atoms with Crippen molar-refractivity contribution in [3.63, 3.8) is 0 Å². The van der Waals surface area contributed by atoms with Crippen molar-refractivity contribution >= 4 is 27.5 Å². The number of amides is 1. The molecule has 4 nitrogen and oxygen atoms in total. The molecule has 0 aliphatic heterocycles. The standard InChI is InChI=1S/C15H18N2O2S/c1-19-11-7-8-12-13(9-11)20-15(17-12)14(18)16-10-5-3-2-4-6-10/h7-10H,2-6H2,1H3,(H,16,18). The summed E-state index contributed by atoms with van der Waals surface area (Å²) < 4.78 is 6.18. The lowest BCUT2D eigenvalue weighted by Crippen LogP contribution is -2.36. The van der Waals surface area contributed by atoms with Crippen molar-refractivity contribution in [2.45, 2.75) is 38.1 Å². The number of rotatable bonds is 3. The minimum atomic E-state index is -0.0444. The Morgan fingerprint density at radius 3 is 2.90 bits per heavy atom. The van der Waals surface area contributed by atoms with E-state index in [0.29, 0.717) is 11.0 Å². The molecule has 0 atom stereocenters. The van der Waals surface area contributed by atoms with E-state index >= 15 is 0 Å². The second-order valence-electron chi connectivity index (χ2n) is 5.16. The number of ether oxygens (including phenoxy) is 1. The molecule has 3 rings (SSSR count). The zero-order valence-corrected chi connectivity index (χ0v) is 12.3. The lowest BCUT2D eigenvalue weighted by atomic mass is 9.95. The van der Waals surface area contributed by atoms with Crippen LogP contribution < -0.4 is 10.1 Å². The summed E-state index contributed by atoms with van der Waals surface area (Å²) in [5.41, 5.74) is 0.851. The highest BCUT2D eigenvalue weighted by molar-refractivity contribution is 7.20. The number of hydrogen-bond donors (Lipinski definition) is 1. The number of fused-ring (bicyclic) bond motifs is 1. The second kappa shape index (κ2) is 5.79. The fraction of sp³-hybridized carbons (Fsp3) is 0.467. The first-order valence-electron chi connectivity index (χ1n) is 7.02. The van der Waals surface area contributed by atoms with E-state index in [1.807, 2.05) is 18.2 Å². The Kier molecular flexibility index (Phi) is 3.87. The third-order valence-corrected chi connectivity index (χ3v) is 4.75. The maximum atomic E-state index is 12.2. The van der Waals surface area contributed by atoms with Gasteiger partial charge in [0.15, 0.2) is 5.01 Å². The van der Waals surface area contributed by atoms with Gasteiger partial charge in [0, 0.05) is 6.04 Å². The van der Waals surface area contributed by atoms with Crippen molar-refractivity contribution in [1.82, 2.24) is 10.3 Å². The van der Waals surface area contributed by atoms with Gasteiger partial charge in [-0.05, 0) is 31.0 Å². The molecule has 1 aliphatic rings. The van der Waals surface area contributed by atoms with Gasteiger partial charge in [0.1, 0.15) is 5.75 Å². The quantitative estimate of drug-likeness (QED) is 0.943. The van der Waals surface area contributed by atoms with Crippen molar-refractivity contribution in [2.75, 3.05) is 7.11 Å². The molecule has 1 aromatic heterocycles. The Balaban J connectivity index is 1.77. The number of thiazole rings is 1. The number of nitrogens with zero attached hydrogens (tertiary/aromatic N) is 1. The molecule has 0 radical (unpaired) electrons. The fourth-order valence-electron chi connectivity index (χ4n) is 2.62. The molecule has 1 N–H and O–H groups in total. The van der Waals surface area contributed by atoms with Crippen LogP contribution in [0.3, 0.4) is 0 Å². The largest absolute Gasteiger partial charge is 0.497 e. The maximum absolute atomic E-state index is 12.2. The molecule has 1 aliphatic carbocycles. The summed E-state index contributed by atoms with van der Waals surface area (Å²) in [4.78, 5) is 16.6. The monoisotopic (exact) mass is 290 g/mol. The minimum absolute atomic E-state index is 0.0444. The zero-order valence-electron chi connectivity index (χ0n) is 11.5. The minimum Gasteiger partial charge on any atom is -0.497 e. The molecule has 1 saturated carbocycles. The van der Waals surface area contributed by atoms with E-state index in [1.54, 1.807) is 7.11 Å². The van der Waals surface area contributed by atoms with Gasteiger partial charge in [0.05, 0.1) is 17.3 Å². The molecule has 0 bridgehead atoms. The first-order chi connectivity index (χ1) is 9.76. The van der Waals surface area contributed by atoms with Crippen LogP contribution in [0.25, 0.3) is 10.2 Å². The summed E-state index contributed by atoms with van der Waals surface area (Å²) in [6, 6.07) is 6.00. The van der Waals surface area contributed by atoms with E-state index in [4.69, 9.17) is 4.74 Å². The molecule has 20 heavy (non-hydrogen) atoms. The van der Waals surface area contributed by atoms with Crippen LogP contribution in [-0.4, -0.2) is 24.0 Å². The van der Waals surface area contributed by atoms with Crippen LogP contribution in [0.1, 0.15) is 41.9 Å². The highest BCUT2D eigenvalue weighted by atomic mass is 32.1. The first-order valence-corrected chi connectivity index (χ1v) is 7.83. The van der Waals surface area contributed by atoms with Crippen molar-refractivity contribution in [2.24, 2.45) is 0 Å². The maximum Gasteiger partial charge on any atom is 0.280 e. The molecule has 0 saturated heterocycles. The average Bonchev–Trinajstić information content (AvgIpc) is 2.91. The number of nitrogens with one attached hydrogen (secondary N) is 1. The number of carbonyl (C=O) groups is 1. The van der Waals surface area contributed by atoms with Crippen molar-refractivity contribution in [3.8, 4) is 5.75 Å². The van der Waals surface area contributed by atoms with Gasteiger partial charge in [-0.1, -0.05) is 19.3 Å². The van der Waals surface area contributed by atoms with Gasteiger partial charge >= 0.3 is 0 Å². The molecule has 106 valence electrons. The van der Waals surface area contributed by atoms with E-state index in [1.165, 1.54) is 30.6 Å². The summed E-state index contributed by atoms with van der Waals surface area (Å²) in [5, 5.41) is 3.64. The summed E-state index contributed by atoms with van der Waals surface area (Å²) in [7, 11) is 1.64. The molecule has 1 amide bonds. The third kappa shape index (κ3) is 2.77. The Bertz CT molecular complexity index is 617. The summed E-state index contributed by atoms with van der Waals surface area (Å²) in [6.45, 7) is 0. The van der Waals surface area contributed by atoms with Crippen LogP contribution in [0.2, 0.25) is 0 Å². The SMILES string of the molecule is COc1ccc2nc(C(=O)NC3CCCCC3)sc2c1. The molecule has 0 unspecified atom stereocenters. The number of hydrogen-bond acceptors (Lipinski definition) is 4. The third-order valence-electron chi connectivity index (χ3n) is 3.73. The van der Waals surface area contributed by atoms with Gasteiger partial charge in [-0.15, -0.1) is 11.3 Å². The normalized spacial score (nSPS) is 16.2. The van der Waals surface area contributed by atoms with E-state index in [0.717, 1.165) is 28.8 Å². The molecule has 5 heteroatoms. The van der Waals surface area contributed by atoms with Crippen LogP contribution in [-0.2, 0) is 0 Å². The Morgan fingerprint density at radius 1 is 1.35 bits per heavy atom. The highest BCUT2D eigenvalue weighted by Gasteiger charge is 2.19. The average molecular weight is 290 g/mol. The van der Waals surface area contributed by atoms with E-state index in [2.05, 4.69) is 10.3 Å². The first kappa shape index (κ1) is 13.4. The Hall–Kier alpha value is -1.62. The summed E-state index contributed by atoms with van der Waals surface area (Å²) in [5.74, 6) is 0.748. The van der Waals surface area contributed by atoms with Crippen molar-refractivity contribution in [1.29, 1.82) is 0 Å². The number of methoxy groups -OCH3 is 1. The summed E-state index contributed by atoms with van der Waals surface area (Å²) >= 11 is 1.42. The predicted molar refractivity (Wildman–Crippen MR) is 80.5 cm³/mol. The lowest BCUT2D eigenvalue weighted by molar-refractivity contribution is 0.0927.